The van der Waals surface area contributed by atoms with Crippen LogP contribution in [0.2, 0.25) is 0 Å². The van der Waals surface area contributed by atoms with Crippen LogP contribution < -0.4 is 16.0 Å². The Labute approximate surface area is 166 Å². The van der Waals surface area contributed by atoms with Crippen molar-refractivity contribution in [2.45, 2.75) is 25.6 Å². The van der Waals surface area contributed by atoms with Crippen molar-refractivity contribution >= 4 is 11.9 Å². The molecule has 0 spiro atoms. The van der Waals surface area contributed by atoms with Crippen LogP contribution in [-0.2, 0) is 18.8 Å². The van der Waals surface area contributed by atoms with Gasteiger partial charge in [0.2, 0.25) is 5.95 Å². The molecule has 2 aromatic heterocycles. The van der Waals surface area contributed by atoms with Crippen LogP contribution in [0.15, 0.2) is 29.6 Å². The highest BCUT2D eigenvalue weighted by molar-refractivity contribution is 5.79. The number of aryl methyl sites for hydroxylation is 1. The van der Waals surface area contributed by atoms with E-state index in [4.69, 9.17) is 0 Å². The Balaban J connectivity index is 1.88. The molecule has 29 heavy (non-hydrogen) atoms. The fraction of sp³-hybridized carbons (Fsp3) is 0.529. The third-order valence-electron chi connectivity index (χ3n) is 3.86. The highest BCUT2D eigenvalue weighted by Crippen LogP contribution is 2.27. The van der Waals surface area contributed by atoms with E-state index in [1.165, 1.54) is 0 Å². The Hall–Kier alpha value is -2.89. The molecule has 0 aliphatic heterocycles. The Morgan fingerprint density at radius 2 is 2.03 bits per heavy atom. The van der Waals surface area contributed by atoms with Gasteiger partial charge in [-0.1, -0.05) is 0 Å². The topological polar surface area (TPSA) is 112 Å². The molecule has 2 rings (SSSR count). The molecule has 12 heteroatoms. The first-order chi connectivity index (χ1) is 13.6. The third kappa shape index (κ3) is 6.89. The summed E-state index contributed by atoms with van der Waals surface area (Å²) in [5.41, 5.74) is -1.56. The monoisotopic (exact) mass is 414 g/mol. The lowest BCUT2D eigenvalue weighted by atomic mass is 10.0. The average Bonchev–Trinajstić information content (AvgIpc) is 3.10. The molecule has 0 aliphatic rings. The summed E-state index contributed by atoms with van der Waals surface area (Å²) in [6, 6.07) is 0.813. The summed E-state index contributed by atoms with van der Waals surface area (Å²) in [6.45, 7) is 4.85. The van der Waals surface area contributed by atoms with Gasteiger partial charge in [-0.25, -0.2) is 15.0 Å². The minimum absolute atomic E-state index is 0.0954. The summed E-state index contributed by atoms with van der Waals surface area (Å²) < 4.78 is 39.6. The van der Waals surface area contributed by atoms with Crippen LogP contribution >= 0.6 is 0 Å². The van der Waals surface area contributed by atoms with Crippen LogP contribution in [0.3, 0.4) is 0 Å². The first-order valence-corrected chi connectivity index (χ1v) is 8.99. The molecule has 4 N–H and O–H groups in total. The Kier molecular flexibility index (Phi) is 7.37. The van der Waals surface area contributed by atoms with E-state index in [0.29, 0.717) is 24.6 Å². The van der Waals surface area contributed by atoms with Crippen LogP contribution in [0.1, 0.15) is 25.1 Å². The highest BCUT2D eigenvalue weighted by atomic mass is 19.4. The molecule has 0 bridgehead atoms. The van der Waals surface area contributed by atoms with Gasteiger partial charge in [0, 0.05) is 44.6 Å². The fourth-order valence-electron chi connectivity index (χ4n) is 2.32. The van der Waals surface area contributed by atoms with Gasteiger partial charge in [0.15, 0.2) is 5.96 Å². The van der Waals surface area contributed by atoms with Crippen molar-refractivity contribution in [3.8, 4) is 0 Å². The molecule has 0 amide bonds. The van der Waals surface area contributed by atoms with Gasteiger partial charge >= 0.3 is 6.18 Å². The van der Waals surface area contributed by atoms with E-state index in [2.05, 4.69) is 36.0 Å². The summed E-state index contributed by atoms with van der Waals surface area (Å²) in [5.74, 6) is 0.353. The van der Waals surface area contributed by atoms with Gasteiger partial charge in [-0.15, -0.1) is 0 Å². The number of aliphatic hydroxyl groups is 1. The lowest BCUT2D eigenvalue weighted by Crippen LogP contribution is -2.40. The fourth-order valence-corrected chi connectivity index (χ4v) is 2.32. The van der Waals surface area contributed by atoms with Crippen molar-refractivity contribution in [2.75, 3.05) is 31.5 Å². The number of halogens is 3. The van der Waals surface area contributed by atoms with Crippen molar-refractivity contribution in [2.24, 2.45) is 12.0 Å². The summed E-state index contributed by atoms with van der Waals surface area (Å²) in [5, 5.41) is 23.4. The zero-order chi connectivity index (χ0) is 21.5. The molecule has 0 aliphatic carbocycles. The maximum absolute atomic E-state index is 12.7. The standard InChI is InChI=1S/C17H25F3N8O/c1-4-21-14(25-11-16(2,29)12-9-26-28(3)10-12)23-7-8-24-15-22-6-5-13(27-15)17(18,19)20/h5-6,9-10,29H,4,7-8,11H2,1-3H3,(H2,21,23,25)(H,22,24,27). The molecule has 1 atom stereocenters. The quantitative estimate of drug-likeness (QED) is 0.291. The number of nitrogens with one attached hydrogen (secondary N) is 3. The van der Waals surface area contributed by atoms with E-state index >= 15 is 0 Å². The number of aromatic nitrogens is 4. The van der Waals surface area contributed by atoms with Gasteiger partial charge in [0.25, 0.3) is 0 Å². The van der Waals surface area contributed by atoms with Gasteiger partial charge in [-0.2, -0.15) is 18.3 Å². The van der Waals surface area contributed by atoms with Gasteiger partial charge in [-0.3, -0.25) is 4.68 Å². The summed E-state index contributed by atoms with van der Waals surface area (Å²) >= 11 is 0. The zero-order valence-electron chi connectivity index (χ0n) is 16.5. The van der Waals surface area contributed by atoms with E-state index < -0.39 is 17.5 Å². The smallest absolute Gasteiger partial charge is 0.383 e. The summed E-state index contributed by atoms with van der Waals surface area (Å²) in [4.78, 5) is 11.6. The van der Waals surface area contributed by atoms with E-state index in [1.54, 1.807) is 31.0 Å². The second-order valence-corrected chi connectivity index (χ2v) is 6.49. The zero-order valence-corrected chi connectivity index (χ0v) is 16.5. The number of guanidine groups is 1. The van der Waals surface area contributed by atoms with Crippen LogP contribution in [0, 0.1) is 0 Å². The van der Waals surface area contributed by atoms with Gasteiger partial charge in [-0.05, 0) is 19.9 Å². The second kappa shape index (κ2) is 9.54. The number of rotatable bonds is 8. The van der Waals surface area contributed by atoms with Crippen LogP contribution in [-0.4, -0.2) is 57.0 Å². The van der Waals surface area contributed by atoms with Crippen molar-refractivity contribution in [3.05, 3.63) is 35.9 Å². The van der Waals surface area contributed by atoms with E-state index in [9.17, 15) is 18.3 Å². The summed E-state index contributed by atoms with van der Waals surface area (Å²) in [6.07, 6.45) is -0.172. The van der Waals surface area contributed by atoms with Gasteiger partial charge < -0.3 is 21.1 Å². The minimum atomic E-state index is -4.52. The number of aliphatic imine (C=N–C) groups is 1. The Morgan fingerprint density at radius 1 is 1.28 bits per heavy atom. The van der Waals surface area contributed by atoms with Gasteiger partial charge in [0.1, 0.15) is 11.3 Å². The number of hydrogen-bond acceptors (Lipinski definition) is 6. The maximum atomic E-state index is 12.7. The first kappa shape index (κ1) is 22.4. The highest BCUT2D eigenvalue weighted by Gasteiger charge is 2.32. The molecule has 1 unspecified atom stereocenters. The lowest BCUT2D eigenvalue weighted by Gasteiger charge is -2.20. The molecule has 160 valence electrons. The number of alkyl halides is 3. The second-order valence-electron chi connectivity index (χ2n) is 6.49. The van der Waals surface area contributed by atoms with Crippen molar-refractivity contribution in [1.82, 2.24) is 30.4 Å². The van der Waals surface area contributed by atoms with Gasteiger partial charge in [0.05, 0.1) is 12.7 Å². The molecule has 2 aromatic rings. The molecular weight excluding hydrogens is 389 g/mol. The molecular formula is C17H25F3N8O. The van der Waals surface area contributed by atoms with E-state index in [-0.39, 0.29) is 19.0 Å². The third-order valence-corrected chi connectivity index (χ3v) is 3.86. The van der Waals surface area contributed by atoms with E-state index in [1.807, 2.05) is 6.92 Å². The Morgan fingerprint density at radius 3 is 2.66 bits per heavy atom. The average molecular weight is 414 g/mol. The predicted molar refractivity (Wildman–Crippen MR) is 102 cm³/mol. The first-order valence-electron chi connectivity index (χ1n) is 8.99. The molecule has 2 heterocycles. The molecule has 0 saturated carbocycles. The van der Waals surface area contributed by atoms with Crippen LogP contribution in [0.4, 0.5) is 19.1 Å². The number of hydrogen-bond donors (Lipinski definition) is 4. The summed E-state index contributed by atoms with van der Waals surface area (Å²) in [7, 11) is 1.76. The molecule has 0 saturated heterocycles. The molecule has 0 fully saturated rings. The number of anilines is 1. The largest absolute Gasteiger partial charge is 0.433 e. The van der Waals surface area contributed by atoms with Crippen LogP contribution in [0.25, 0.3) is 0 Å². The minimum Gasteiger partial charge on any atom is -0.383 e. The lowest BCUT2D eigenvalue weighted by molar-refractivity contribution is -0.141. The molecule has 0 radical (unpaired) electrons. The number of nitrogens with zero attached hydrogens (tertiary/aromatic N) is 5. The Bertz CT molecular complexity index is 819. The van der Waals surface area contributed by atoms with Crippen molar-refractivity contribution in [3.63, 3.8) is 0 Å². The van der Waals surface area contributed by atoms with Crippen LogP contribution in [0.5, 0.6) is 0 Å². The normalized spacial score (nSPS) is 14.4. The SMILES string of the molecule is CCNC(=NCC(C)(O)c1cnn(C)c1)NCCNc1nccc(C(F)(F)F)n1. The maximum Gasteiger partial charge on any atom is 0.433 e. The van der Waals surface area contributed by atoms with Crippen molar-refractivity contribution < 1.29 is 18.3 Å². The predicted octanol–water partition coefficient (Wildman–Crippen LogP) is 1.10. The molecule has 9 nitrogen and oxygen atoms in total. The van der Waals surface area contributed by atoms with E-state index in [0.717, 1.165) is 12.3 Å². The van der Waals surface area contributed by atoms with Crippen molar-refractivity contribution in [1.29, 1.82) is 0 Å². The molecule has 0 aromatic carbocycles.